The van der Waals surface area contributed by atoms with Crippen LogP contribution >= 0.6 is 11.3 Å². The molecular formula is C17H19N3O3S. The summed E-state index contributed by atoms with van der Waals surface area (Å²) in [5.74, 6) is 0.783. The number of hydrogen-bond acceptors (Lipinski definition) is 6. The molecule has 0 aromatic carbocycles. The molecule has 0 aliphatic carbocycles. The summed E-state index contributed by atoms with van der Waals surface area (Å²) in [6.45, 7) is 3.29. The molecule has 2 aliphatic rings. The predicted molar refractivity (Wildman–Crippen MR) is 91.0 cm³/mol. The first-order valence-corrected chi connectivity index (χ1v) is 8.96. The number of hydrazone groups is 1. The predicted octanol–water partition coefficient (Wildman–Crippen LogP) is 2.35. The van der Waals surface area contributed by atoms with Crippen LogP contribution in [0.2, 0.25) is 0 Å². The number of hydrogen-bond donors (Lipinski definition) is 0. The van der Waals surface area contributed by atoms with E-state index >= 15 is 0 Å². The summed E-state index contributed by atoms with van der Waals surface area (Å²) in [7, 11) is 0. The number of carbonyl (C=O) groups is 1. The molecule has 2 aromatic heterocycles. The quantitative estimate of drug-likeness (QED) is 0.853. The SMILES string of the molecule is O=C(CN1CCOCC1)N1N=C(c2cccs2)C[C@@H]1c1ccco1. The number of amides is 1. The Morgan fingerprint density at radius 1 is 1.29 bits per heavy atom. The normalized spacial score (nSPS) is 21.9. The zero-order valence-electron chi connectivity index (χ0n) is 13.3. The first-order valence-electron chi connectivity index (χ1n) is 8.08. The molecule has 0 spiro atoms. The fourth-order valence-electron chi connectivity index (χ4n) is 3.06. The third kappa shape index (κ3) is 3.15. The Kier molecular flexibility index (Phi) is 4.46. The summed E-state index contributed by atoms with van der Waals surface area (Å²) < 4.78 is 10.9. The molecule has 0 radical (unpaired) electrons. The molecule has 2 aliphatic heterocycles. The maximum Gasteiger partial charge on any atom is 0.257 e. The molecule has 126 valence electrons. The van der Waals surface area contributed by atoms with Gasteiger partial charge in [0.2, 0.25) is 0 Å². The summed E-state index contributed by atoms with van der Waals surface area (Å²) in [6.07, 6.45) is 2.33. The second-order valence-electron chi connectivity index (χ2n) is 5.89. The zero-order valence-corrected chi connectivity index (χ0v) is 14.1. The van der Waals surface area contributed by atoms with Crippen LogP contribution in [-0.2, 0) is 9.53 Å². The van der Waals surface area contributed by atoms with E-state index in [4.69, 9.17) is 9.15 Å². The van der Waals surface area contributed by atoms with Crippen molar-refractivity contribution in [2.75, 3.05) is 32.8 Å². The van der Waals surface area contributed by atoms with Crippen LogP contribution in [0.1, 0.15) is 23.1 Å². The average molecular weight is 345 g/mol. The minimum absolute atomic E-state index is 0.00450. The smallest absolute Gasteiger partial charge is 0.257 e. The van der Waals surface area contributed by atoms with Gasteiger partial charge in [-0.1, -0.05) is 6.07 Å². The van der Waals surface area contributed by atoms with Crippen molar-refractivity contribution in [3.63, 3.8) is 0 Å². The minimum atomic E-state index is -0.161. The number of furan rings is 1. The maximum absolute atomic E-state index is 12.8. The van der Waals surface area contributed by atoms with Gasteiger partial charge in [0.1, 0.15) is 11.8 Å². The van der Waals surface area contributed by atoms with E-state index in [2.05, 4.69) is 10.0 Å². The van der Waals surface area contributed by atoms with Gasteiger partial charge in [0, 0.05) is 19.5 Å². The third-order valence-corrected chi connectivity index (χ3v) is 5.22. The van der Waals surface area contributed by atoms with Crippen LogP contribution in [0.15, 0.2) is 45.4 Å². The second-order valence-corrected chi connectivity index (χ2v) is 6.83. The van der Waals surface area contributed by atoms with Gasteiger partial charge in [0.05, 0.1) is 36.6 Å². The van der Waals surface area contributed by atoms with Gasteiger partial charge in [-0.15, -0.1) is 11.3 Å². The molecule has 0 N–H and O–H groups in total. The van der Waals surface area contributed by atoms with Gasteiger partial charge in [0.25, 0.3) is 5.91 Å². The van der Waals surface area contributed by atoms with Crippen molar-refractivity contribution in [1.82, 2.24) is 9.91 Å². The Hall–Kier alpha value is -1.96. The van der Waals surface area contributed by atoms with Crippen LogP contribution in [0.3, 0.4) is 0 Å². The van der Waals surface area contributed by atoms with E-state index in [0.29, 0.717) is 26.2 Å². The molecule has 4 heterocycles. The van der Waals surface area contributed by atoms with Crippen molar-refractivity contribution in [2.45, 2.75) is 12.5 Å². The Balaban J connectivity index is 1.55. The number of morpholine rings is 1. The highest BCUT2D eigenvalue weighted by atomic mass is 32.1. The number of nitrogens with zero attached hydrogens (tertiary/aromatic N) is 3. The summed E-state index contributed by atoms with van der Waals surface area (Å²) in [5, 5.41) is 8.25. The van der Waals surface area contributed by atoms with Gasteiger partial charge in [0.15, 0.2) is 0 Å². The van der Waals surface area contributed by atoms with Crippen LogP contribution in [0, 0.1) is 0 Å². The van der Waals surface area contributed by atoms with E-state index in [9.17, 15) is 4.79 Å². The Bertz CT molecular complexity index is 706. The van der Waals surface area contributed by atoms with E-state index in [1.54, 1.807) is 22.6 Å². The average Bonchev–Trinajstić information content (AvgIpc) is 3.35. The molecule has 1 amide bonds. The van der Waals surface area contributed by atoms with Crippen molar-refractivity contribution in [3.8, 4) is 0 Å². The van der Waals surface area contributed by atoms with Gasteiger partial charge < -0.3 is 9.15 Å². The lowest BCUT2D eigenvalue weighted by Gasteiger charge is -2.28. The van der Waals surface area contributed by atoms with Crippen LogP contribution < -0.4 is 0 Å². The standard InChI is InChI=1S/C17H19N3O3S/c21-17(12-19-5-8-22-9-6-19)20-14(15-3-1-7-23-15)11-13(18-20)16-4-2-10-24-16/h1-4,7,10,14H,5-6,8-9,11-12H2/t14-/m1/s1. The van der Waals surface area contributed by atoms with E-state index in [1.165, 1.54) is 0 Å². The van der Waals surface area contributed by atoms with E-state index in [0.717, 1.165) is 29.4 Å². The van der Waals surface area contributed by atoms with Gasteiger partial charge in [-0.05, 0) is 23.6 Å². The fourth-order valence-corrected chi connectivity index (χ4v) is 3.78. The molecule has 2 aromatic rings. The van der Waals surface area contributed by atoms with E-state index < -0.39 is 0 Å². The van der Waals surface area contributed by atoms with Crippen LogP contribution in [-0.4, -0.2) is 54.4 Å². The van der Waals surface area contributed by atoms with Crippen molar-refractivity contribution >= 4 is 23.0 Å². The highest BCUT2D eigenvalue weighted by molar-refractivity contribution is 7.12. The van der Waals surface area contributed by atoms with Crippen LogP contribution in [0.5, 0.6) is 0 Å². The Labute approximate surface area is 144 Å². The lowest BCUT2D eigenvalue weighted by atomic mass is 10.1. The summed E-state index contributed by atoms with van der Waals surface area (Å²) in [5.41, 5.74) is 0.946. The Morgan fingerprint density at radius 3 is 2.88 bits per heavy atom. The molecule has 1 fully saturated rings. The molecule has 0 bridgehead atoms. The van der Waals surface area contributed by atoms with Crippen molar-refractivity contribution in [1.29, 1.82) is 0 Å². The summed E-state index contributed by atoms with van der Waals surface area (Å²) in [4.78, 5) is 16.1. The zero-order chi connectivity index (χ0) is 16.4. The first-order chi connectivity index (χ1) is 11.8. The highest BCUT2D eigenvalue weighted by Gasteiger charge is 2.35. The topological polar surface area (TPSA) is 58.3 Å². The van der Waals surface area contributed by atoms with Crippen molar-refractivity contribution < 1.29 is 13.9 Å². The highest BCUT2D eigenvalue weighted by Crippen LogP contribution is 2.34. The van der Waals surface area contributed by atoms with E-state index in [1.807, 2.05) is 29.6 Å². The number of carbonyl (C=O) groups excluding carboxylic acids is 1. The van der Waals surface area contributed by atoms with Crippen molar-refractivity contribution in [2.24, 2.45) is 5.10 Å². The molecule has 7 heteroatoms. The van der Waals surface area contributed by atoms with Crippen LogP contribution in [0.4, 0.5) is 0 Å². The molecule has 0 saturated carbocycles. The van der Waals surface area contributed by atoms with E-state index in [-0.39, 0.29) is 11.9 Å². The molecule has 4 rings (SSSR count). The summed E-state index contributed by atoms with van der Waals surface area (Å²) in [6, 6.07) is 7.64. The molecule has 1 saturated heterocycles. The first kappa shape index (κ1) is 15.6. The number of thiophene rings is 1. The second kappa shape index (κ2) is 6.88. The maximum atomic E-state index is 12.8. The molecule has 0 unspecified atom stereocenters. The van der Waals surface area contributed by atoms with Gasteiger partial charge in [-0.2, -0.15) is 5.10 Å². The van der Waals surface area contributed by atoms with Crippen molar-refractivity contribution in [3.05, 3.63) is 46.5 Å². The molecule has 1 atom stereocenters. The lowest BCUT2D eigenvalue weighted by Crippen LogP contribution is -2.43. The third-order valence-electron chi connectivity index (χ3n) is 4.31. The summed E-state index contributed by atoms with van der Waals surface area (Å²) >= 11 is 1.64. The number of ether oxygens (including phenoxy) is 1. The Morgan fingerprint density at radius 2 is 2.17 bits per heavy atom. The van der Waals surface area contributed by atoms with Gasteiger partial charge in [-0.25, -0.2) is 5.01 Å². The van der Waals surface area contributed by atoms with Gasteiger partial charge in [-0.3, -0.25) is 9.69 Å². The monoisotopic (exact) mass is 345 g/mol. The fraction of sp³-hybridized carbons (Fsp3) is 0.412. The molecular weight excluding hydrogens is 326 g/mol. The van der Waals surface area contributed by atoms with Gasteiger partial charge >= 0.3 is 0 Å². The molecule has 6 nitrogen and oxygen atoms in total. The lowest BCUT2D eigenvalue weighted by molar-refractivity contribution is -0.135. The largest absolute Gasteiger partial charge is 0.467 e. The minimum Gasteiger partial charge on any atom is -0.467 e. The van der Waals surface area contributed by atoms with Crippen LogP contribution in [0.25, 0.3) is 0 Å². The molecule has 24 heavy (non-hydrogen) atoms. The number of rotatable bonds is 4.